The first-order valence-electron chi connectivity index (χ1n) is 4.97. The average Bonchev–Trinajstić information content (AvgIpc) is 2.32. The van der Waals surface area contributed by atoms with Crippen molar-refractivity contribution in [3.05, 3.63) is 51.6 Å². The monoisotopic (exact) mass is 339 g/mol. The van der Waals surface area contributed by atoms with E-state index in [1.54, 1.807) is 36.5 Å². The van der Waals surface area contributed by atoms with Gasteiger partial charge in [-0.1, -0.05) is 12.1 Å². The predicted molar refractivity (Wildman–Crippen MR) is 76.2 cm³/mol. The average molecular weight is 339 g/mol. The van der Waals surface area contributed by atoms with Crippen LogP contribution in [0.1, 0.15) is 5.56 Å². The van der Waals surface area contributed by atoms with Crippen molar-refractivity contribution in [3.63, 3.8) is 0 Å². The molecule has 2 N–H and O–H groups in total. The molecule has 2 aromatic carbocycles. The van der Waals surface area contributed by atoms with Crippen LogP contribution < -0.4 is 0 Å². The Kier molecular flexibility index (Phi) is 3.63. The van der Waals surface area contributed by atoms with Crippen LogP contribution in [0.25, 0.3) is 0 Å². The van der Waals surface area contributed by atoms with Gasteiger partial charge in [-0.25, -0.2) is 0 Å². The van der Waals surface area contributed by atoms with E-state index in [9.17, 15) is 10.2 Å². The molecule has 0 saturated heterocycles. The molecule has 0 unspecified atom stereocenters. The van der Waals surface area contributed by atoms with Gasteiger partial charge in [-0.15, -0.1) is 0 Å². The maximum atomic E-state index is 9.53. The summed E-state index contributed by atoms with van der Waals surface area (Å²) < 4.78 is 0.767. The largest absolute Gasteiger partial charge is 0.507 e. The zero-order valence-electron chi connectivity index (χ0n) is 8.84. The molecule has 0 saturated carbocycles. The van der Waals surface area contributed by atoms with Crippen molar-refractivity contribution in [1.29, 1.82) is 0 Å². The lowest BCUT2D eigenvalue weighted by atomic mass is 10.2. The van der Waals surface area contributed by atoms with Crippen LogP contribution in [0.15, 0.2) is 47.5 Å². The van der Waals surface area contributed by atoms with Gasteiger partial charge in [0.2, 0.25) is 0 Å². The van der Waals surface area contributed by atoms with Crippen molar-refractivity contribution < 1.29 is 10.2 Å². The molecule has 17 heavy (non-hydrogen) atoms. The van der Waals surface area contributed by atoms with Crippen LogP contribution in [0, 0.1) is 3.57 Å². The minimum absolute atomic E-state index is 0.150. The van der Waals surface area contributed by atoms with E-state index < -0.39 is 0 Å². The van der Waals surface area contributed by atoms with E-state index in [0.29, 0.717) is 5.69 Å². The lowest BCUT2D eigenvalue weighted by Crippen LogP contribution is -1.82. The summed E-state index contributed by atoms with van der Waals surface area (Å²) in [4.78, 5) is 4.19. The molecule has 0 aromatic heterocycles. The van der Waals surface area contributed by atoms with E-state index in [-0.39, 0.29) is 11.5 Å². The number of rotatable bonds is 2. The van der Waals surface area contributed by atoms with Gasteiger partial charge in [-0.3, -0.25) is 4.99 Å². The van der Waals surface area contributed by atoms with E-state index in [2.05, 4.69) is 4.99 Å². The van der Waals surface area contributed by atoms with Crippen LogP contribution in [-0.4, -0.2) is 16.4 Å². The Morgan fingerprint density at radius 1 is 1.00 bits per heavy atom. The molecule has 0 aliphatic rings. The molecular formula is C13H10INO2. The molecule has 0 radical (unpaired) electrons. The molecule has 0 spiro atoms. The fourth-order valence-corrected chi connectivity index (χ4v) is 1.86. The second kappa shape index (κ2) is 5.18. The normalized spacial score (nSPS) is 10.9. The van der Waals surface area contributed by atoms with E-state index in [0.717, 1.165) is 9.13 Å². The molecule has 0 atom stereocenters. The first-order valence-corrected chi connectivity index (χ1v) is 6.05. The van der Waals surface area contributed by atoms with Gasteiger partial charge in [0.25, 0.3) is 0 Å². The maximum absolute atomic E-state index is 9.53. The highest BCUT2D eigenvalue weighted by molar-refractivity contribution is 14.1. The van der Waals surface area contributed by atoms with Crippen LogP contribution in [-0.2, 0) is 0 Å². The summed E-state index contributed by atoms with van der Waals surface area (Å²) in [5.41, 5.74) is 1.39. The van der Waals surface area contributed by atoms with Gasteiger partial charge in [-0.05, 0) is 58.5 Å². The number of aromatic hydroxyl groups is 2. The van der Waals surface area contributed by atoms with Gasteiger partial charge in [0.15, 0.2) is 0 Å². The van der Waals surface area contributed by atoms with Gasteiger partial charge >= 0.3 is 0 Å². The third kappa shape index (κ3) is 2.97. The Morgan fingerprint density at radius 3 is 2.47 bits per heavy atom. The number of hydrogen-bond acceptors (Lipinski definition) is 3. The van der Waals surface area contributed by atoms with Gasteiger partial charge in [0, 0.05) is 6.21 Å². The Labute approximate surface area is 113 Å². The third-order valence-electron chi connectivity index (χ3n) is 2.21. The second-order valence-corrected chi connectivity index (χ2v) is 4.62. The molecular weight excluding hydrogens is 329 g/mol. The molecule has 4 heteroatoms. The second-order valence-electron chi connectivity index (χ2n) is 3.46. The number of hydrogen-bond donors (Lipinski definition) is 2. The first kappa shape index (κ1) is 11.9. The molecule has 0 heterocycles. The molecule has 0 aliphatic carbocycles. The van der Waals surface area contributed by atoms with Gasteiger partial charge in [-0.2, -0.15) is 0 Å². The predicted octanol–water partition coefficient (Wildman–Crippen LogP) is 3.45. The minimum atomic E-state index is 0.150. The van der Waals surface area contributed by atoms with Crippen LogP contribution in [0.4, 0.5) is 5.69 Å². The van der Waals surface area contributed by atoms with Crippen LogP contribution in [0.3, 0.4) is 0 Å². The smallest absolute Gasteiger partial charge is 0.141 e. The van der Waals surface area contributed by atoms with E-state index in [1.807, 2.05) is 34.7 Å². The highest BCUT2D eigenvalue weighted by Gasteiger charge is 1.98. The van der Waals surface area contributed by atoms with Crippen LogP contribution in [0.2, 0.25) is 0 Å². The Hall–Kier alpha value is -1.56. The lowest BCUT2D eigenvalue weighted by molar-refractivity contribution is 0.471. The van der Waals surface area contributed by atoms with Gasteiger partial charge < -0.3 is 10.2 Å². The molecule has 2 aromatic rings. The topological polar surface area (TPSA) is 52.8 Å². The summed E-state index contributed by atoms with van der Waals surface area (Å²) in [5, 5.41) is 18.9. The van der Waals surface area contributed by atoms with Crippen molar-refractivity contribution in [2.45, 2.75) is 0 Å². The standard InChI is InChI=1S/C13H10INO2/c14-10-7-9(5-6-12(10)16)8-15-11-3-1-2-4-13(11)17/h1-8,16-17H. The summed E-state index contributed by atoms with van der Waals surface area (Å²) in [5.74, 6) is 0.405. The molecule has 0 amide bonds. The Balaban J connectivity index is 2.26. The van der Waals surface area contributed by atoms with Crippen molar-refractivity contribution in [2.24, 2.45) is 4.99 Å². The fraction of sp³-hybridized carbons (Fsp3) is 0. The number of benzene rings is 2. The summed E-state index contributed by atoms with van der Waals surface area (Å²) in [7, 11) is 0. The van der Waals surface area contributed by atoms with Crippen LogP contribution in [0.5, 0.6) is 11.5 Å². The molecule has 2 rings (SSSR count). The number of para-hydroxylation sites is 2. The van der Waals surface area contributed by atoms with Crippen molar-refractivity contribution in [1.82, 2.24) is 0 Å². The lowest BCUT2D eigenvalue weighted by Gasteiger charge is -1.99. The quantitative estimate of drug-likeness (QED) is 0.650. The van der Waals surface area contributed by atoms with E-state index in [4.69, 9.17) is 0 Å². The van der Waals surface area contributed by atoms with Gasteiger partial charge in [0.05, 0.1) is 3.57 Å². The zero-order chi connectivity index (χ0) is 12.3. The Morgan fingerprint density at radius 2 is 1.76 bits per heavy atom. The number of nitrogens with zero attached hydrogens (tertiary/aromatic N) is 1. The highest BCUT2D eigenvalue weighted by Crippen LogP contribution is 2.25. The number of phenols is 2. The number of halogens is 1. The minimum Gasteiger partial charge on any atom is -0.507 e. The van der Waals surface area contributed by atoms with Gasteiger partial charge in [0.1, 0.15) is 17.2 Å². The summed E-state index contributed by atoms with van der Waals surface area (Å²) in [6, 6.07) is 12.1. The number of phenolic OH excluding ortho intramolecular Hbond substituents is 2. The number of aliphatic imine (C=N–C) groups is 1. The molecule has 3 nitrogen and oxygen atoms in total. The maximum Gasteiger partial charge on any atom is 0.141 e. The van der Waals surface area contributed by atoms with E-state index in [1.165, 1.54) is 0 Å². The molecule has 0 aliphatic heterocycles. The molecule has 0 bridgehead atoms. The summed E-state index contributed by atoms with van der Waals surface area (Å²) >= 11 is 2.05. The first-order chi connectivity index (χ1) is 8.16. The molecule has 0 fully saturated rings. The van der Waals surface area contributed by atoms with Crippen molar-refractivity contribution in [3.8, 4) is 11.5 Å². The summed E-state index contributed by atoms with van der Waals surface area (Å²) in [6.07, 6.45) is 1.65. The van der Waals surface area contributed by atoms with Crippen LogP contribution >= 0.6 is 22.6 Å². The Bertz CT molecular complexity index is 567. The fourth-order valence-electron chi connectivity index (χ4n) is 1.32. The SMILES string of the molecule is Oc1ccc(C=Nc2ccccc2O)cc1I. The highest BCUT2D eigenvalue weighted by atomic mass is 127. The molecule has 86 valence electrons. The summed E-state index contributed by atoms with van der Waals surface area (Å²) in [6.45, 7) is 0. The van der Waals surface area contributed by atoms with Crippen molar-refractivity contribution >= 4 is 34.5 Å². The zero-order valence-corrected chi connectivity index (χ0v) is 11.0. The van der Waals surface area contributed by atoms with Crippen molar-refractivity contribution in [2.75, 3.05) is 0 Å². The van der Waals surface area contributed by atoms with E-state index >= 15 is 0 Å². The third-order valence-corrected chi connectivity index (χ3v) is 3.07.